The van der Waals surface area contributed by atoms with Crippen LogP contribution in [0.3, 0.4) is 0 Å². The third kappa shape index (κ3) is 3.55. The van der Waals surface area contributed by atoms with Crippen LogP contribution in [0, 0.1) is 5.41 Å². The quantitative estimate of drug-likeness (QED) is 0.682. The molecule has 1 aliphatic heterocycles. The number of hydrogen-bond acceptors (Lipinski definition) is 4. The van der Waals surface area contributed by atoms with Gasteiger partial charge in [-0.15, -0.1) is 0 Å². The van der Waals surface area contributed by atoms with Crippen LogP contribution in [0.5, 0.6) is 0 Å². The molecule has 0 N–H and O–H groups in total. The van der Waals surface area contributed by atoms with Crippen LogP contribution in [0.15, 0.2) is 22.7 Å². The molecule has 0 radical (unpaired) electrons. The number of aromatic nitrogens is 2. The molecule has 1 saturated heterocycles. The number of piperidine rings is 1. The van der Waals surface area contributed by atoms with Gasteiger partial charge >= 0.3 is 0 Å². The van der Waals surface area contributed by atoms with Crippen molar-refractivity contribution in [3.05, 3.63) is 45.5 Å². The normalized spacial score (nSPS) is 19.7. The SMILES string of the molecule is CC(C)(C)C(=O)N1CCC(c2nc(C3(c4ccc(Cl)cc4Cl)CC3)no2)CC1. The van der Waals surface area contributed by atoms with Crippen LogP contribution in [0.2, 0.25) is 10.0 Å². The van der Waals surface area contributed by atoms with Crippen LogP contribution in [-0.2, 0) is 10.2 Å². The van der Waals surface area contributed by atoms with Gasteiger partial charge in [-0.3, -0.25) is 4.79 Å². The fourth-order valence-electron chi connectivity index (χ4n) is 4.02. The summed E-state index contributed by atoms with van der Waals surface area (Å²) in [5.41, 5.74) is 0.407. The number of nitrogens with zero attached hydrogens (tertiary/aromatic N) is 3. The second-order valence-electron chi connectivity index (χ2n) is 8.98. The average Bonchev–Trinajstić information content (AvgIpc) is 3.28. The van der Waals surface area contributed by atoms with E-state index in [1.54, 1.807) is 6.07 Å². The highest BCUT2D eigenvalue weighted by Crippen LogP contribution is 2.54. The Labute approximate surface area is 175 Å². The molecule has 1 amide bonds. The fourth-order valence-corrected chi connectivity index (χ4v) is 4.60. The number of carbonyl (C=O) groups excluding carboxylic acids is 1. The smallest absolute Gasteiger partial charge is 0.229 e. The zero-order chi connectivity index (χ0) is 20.1. The summed E-state index contributed by atoms with van der Waals surface area (Å²) in [6, 6.07) is 5.58. The van der Waals surface area contributed by atoms with Gasteiger partial charge in [0.1, 0.15) is 0 Å². The van der Waals surface area contributed by atoms with Crippen LogP contribution in [0.1, 0.15) is 69.7 Å². The molecule has 1 aliphatic carbocycles. The Bertz CT molecular complexity index is 891. The van der Waals surface area contributed by atoms with Crippen LogP contribution in [-0.4, -0.2) is 34.0 Å². The van der Waals surface area contributed by atoms with Gasteiger partial charge in [0, 0.05) is 34.5 Å². The molecule has 2 fully saturated rings. The molecule has 1 aromatic heterocycles. The lowest BCUT2D eigenvalue weighted by atomic mass is 9.91. The highest BCUT2D eigenvalue weighted by atomic mass is 35.5. The van der Waals surface area contributed by atoms with Gasteiger partial charge in [0.2, 0.25) is 11.8 Å². The van der Waals surface area contributed by atoms with Gasteiger partial charge in [0.25, 0.3) is 0 Å². The summed E-state index contributed by atoms with van der Waals surface area (Å²) >= 11 is 12.5. The molecule has 28 heavy (non-hydrogen) atoms. The monoisotopic (exact) mass is 421 g/mol. The maximum Gasteiger partial charge on any atom is 0.229 e. The minimum Gasteiger partial charge on any atom is -0.342 e. The van der Waals surface area contributed by atoms with E-state index in [0.29, 0.717) is 21.8 Å². The standard InChI is InChI=1S/C21H25Cl2N3O2/c1-20(2,3)19(27)26-10-6-13(7-11-26)17-24-18(25-28-17)21(8-9-21)15-5-4-14(22)12-16(15)23/h4-5,12-13H,6-11H2,1-3H3. The Morgan fingerprint density at radius 1 is 1.21 bits per heavy atom. The van der Waals surface area contributed by atoms with E-state index in [1.165, 1.54) is 0 Å². The Morgan fingerprint density at radius 3 is 2.46 bits per heavy atom. The van der Waals surface area contributed by atoms with Gasteiger partial charge in [-0.2, -0.15) is 4.98 Å². The number of halogens is 2. The zero-order valence-electron chi connectivity index (χ0n) is 16.5. The lowest BCUT2D eigenvalue weighted by molar-refractivity contribution is -0.140. The van der Waals surface area contributed by atoms with Crippen molar-refractivity contribution in [3.63, 3.8) is 0 Å². The first-order valence-electron chi connectivity index (χ1n) is 9.80. The number of hydrogen-bond donors (Lipinski definition) is 0. The van der Waals surface area contributed by atoms with E-state index in [9.17, 15) is 4.79 Å². The highest BCUT2D eigenvalue weighted by Gasteiger charge is 2.51. The van der Waals surface area contributed by atoms with Crippen molar-refractivity contribution in [1.82, 2.24) is 15.0 Å². The van der Waals surface area contributed by atoms with Crippen LogP contribution < -0.4 is 0 Å². The molecule has 0 unspecified atom stereocenters. The summed E-state index contributed by atoms with van der Waals surface area (Å²) in [7, 11) is 0. The molecule has 150 valence electrons. The predicted molar refractivity (Wildman–Crippen MR) is 109 cm³/mol. The molecule has 0 atom stereocenters. The summed E-state index contributed by atoms with van der Waals surface area (Å²) in [5.74, 6) is 1.78. The lowest BCUT2D eigenvalue weighted by Gasteiger charge is -2.34. The summed E-state index contributed by atoms with van der Waals surface area (Å²) in [4.78, 5) is 19.2. The van der Waals surface area contributed by atoms with Crippen LogP contribution >= 0.6 is 23.2 Å². The maximum absolute atomic E-state index is 12.5. The van der Waals surface area contributed by atoms with Gasteiger partial charge in [0.15, 0.2) is 5.82 Å². The fraction of sp³-hybridized carbons (Fsp3) is 0.571. The van der Waals surface area contributed by atoms with Crippen molar-refractivity contribution < 1.29 is 9.32 Å². The van der Waals surface area contributed by atoms with E-state index in [2.05, 4.69) is 5.16 Å². The van der Waals surface area contributed by atoms with Crippen molar-refractivity contribution >= 4 is 29.1 Å². The lowest BCUT2D eigenvalue weighted by Crippen LogP contribution is -2.43. The topological polar surface area (TPSA) is 59.2 Å². The van der Waals surface area contributed by atoms with E-state index in [1.807, 2.05) is 37.8 Å². The molecule has 0 bridgehead atoms. The molecule has 5 nitrogen and oxygen atoms in total. The van der Waals surface area contributed by atoms with E-state index in [0.717, 1.165) is 44.3 Å². The third-order valence-corrected chi connectivity index (χ3v) is 6.39. The van der Waals surface area contributed by atoms with Gasteiger partial charge in [-0.25, -0.2) is 0 Å². The first kappa shape index (κ1) is 19.7. The van der Waals surface area contributed by atoms with Gasteiger partial charge in [-0.1, -0.05) is 55.2 Å². The molecule has 2 heterocycles. The molecule has 4 rings (SSSR count). The first-order chi connectivity index (χ1) is 13.2. The second-order valence-corrected chi connectivity index (χ2v) is 9.82. The molecule has 1 saturated carbocycles. The Balaban J connectivity index is 1.48. The van der Waals surface area contributed by atoms with Crippen LogP contribution in [0.4, 0.5) is 0 Å². The van der Waals surface area contributed by atoms with E-state index in [4.69, 9.17) is 32.7 Å². The predicted octanol–water partition coefficient (Wildman–Crippen LogP) is 5.21. The molecule has 1 aromatic carbocycles. The first-order valence-corrected chi connectivity index (χ1v) is 10.6. The molecular formula is C21H25Cl2N3O2. The Kier molecular flexibility index (Phi) is 4.95. The van der Waals surface area contributed by atoms with Crippen molar-refractivity contribution in [1.29, 1.82) is 0 Å². The summed E-state index contributed by atoms with van der Waals surface area (Å²) in [6.07, 6.45) is 3.59. The van der Waals surface area contributed by atoms with Gasteiger partial charge < -0.3 is 9.42 Å². The average molecular weight is 422 g/mol. The number of rotatable bonds is 3. The number of likely N-dealkylation sites (tertiary alicyclic amines) is 1. The van der Waals surface area contributed by atoms with Crippen molar-refractivity contribution in [2.24, 2.45) is 5.41 Å². The van der Waals surface area contributed by atoms with Crippen molar-refractivity contribution in [2.75, 3.05) is 13.1 Å². The van der Waals surface area contributed by atoms with E-state index in [-0.39, 0.29) is 22.7 Å². The Morgan fingerprint density at radius 2 is 1.89 bits per heavy atom. The van der Waals surface area contributed by atoms with Gasteiger partial charge in [-0.05, 0) is 43.4 Å². The van der Waals surface area contributed by atoms with Crippen molar-refractivity contribution in [3.8, 4) is 0 Å². The largest absolute Gasteiger partial charge is 0.342 e. The maximum atomic E-state index is 12.5. The summed E-state index contributed by atoms with van der Waals surface area (Å²) in [6.45, 7) is 7.34. The number of amides is 1. The minimum atomic E-state index is -0.347. The molecule has 2 aliphatic rings. The number of carbonyl (C=O) groups is 1. The number of benzene rings is 1. The summed E-state index contributed by atoms with van der Waals surface area (Å²) in [5, 5.41) is 5.56. The van der Waals surface area contributed by atoms with Crippen molar-refractivity contribution in [2.45, 2.75) is 57.8 Å². The third-order valence-electron chi connectivity index (χ3n) is 5.84. The molecule has 2 aromatic rings. The molecular weight excluding hydrogens is 397 g/mol. The molecule has 0 spiro atoms. The van der Waals surface area contributed by atoms with E-state index >= 15 is 0 Å². The second kappa shape index (κ2) is 7.03. The summed E-state index contributed by atoms with van der Waals surface area (Å²) < 4.78 is 5.64. The minimum absolute atomic E-state index is 0.196. The van der Waals surface area contributed by atoms with Crippen LogP contribution in [0.25, 0.3) is 0 Å². The molecule has 7 heteroatoms. The zero-order valence-corrected chi connectivity index (χ0v) is 18.0. The Hall–Kier alpha value is -1.59. The highest BCUT2D eigenvalue weighted by molar-refractivity contribution is 6.35. The van der Waals surface area contributed by atoms with E-state index < -0.39 is 0 Å². The van der Waals surface area contributed by atoms with Gasteiger partial charge in [0.05, 0.1) is 5.41 Å².